The van der Waals surface area contributed by atoms with Crippen molar-refractivity contribution in [1.82, 2.24) is 4.90 Å². The van der Waals surface area contributed by atoms with Crippen molar-refractivity contribution in [2.75, 3.05) is 13.1 Å². The van der Waals surface area contributed by atoms with Crippen molar-refractivity contribution in [3.8, 4) is 0 Å². The maximum Gasteiger partial charge on any atom is 0.401 e. The van der Waals surface area contributed by atoms with Crippen LogP contribution < -0.4 is 0 Å². The van der Waals surface area contributed by atoms with Crippen molar-refractivity contribution < 1.29 is 18.0 Å². The fraction of sp³-hybridized carbons (Fsp3) is 0.462. The molecular weight excluding hydrogens is 243 g/mol. The minimum Gasteiger partial charge on any atom is -0.293 e. The van der Waals surface area contributed by atoms with Gasteiger partial charge in [-0.1, -0.05) is 30.3 Å². The fourth-order valence-corrected chi connectivity index (χ4v) is 1.88. The van der Waals surface area contributed by atoms with Crippen LogP contribution in [0.3, 0.4) is 0 Å². The molecule has 1 aliphatic rings. The summed E-state index contributed by atoms with van der Waals surface area (Å²) in [6.45, 7) is -1.16. The first-order chi connectivity index (χ1) is 8.46. The molecule has 0 N–H and O–H groups in total. The summed E-state index contributed by atoms with van der Waals surface area (Å²) in [5.74, 6) is -0.258. The number of ketones is 1. The molecule has 2 rings (SSSR count). The maximum atomic E-state index is 12.4. The summed E-state index contributed by atoms with van der Waals surface area (Å²) in [6.07, 6.45) is -2.75. The number of halogens is 3. The number of benzene rings is 1. The van der Waals surface area contributed by atoms with Crippen molar-refractivity contribution in [1.29, 1.82) is 0 Å². The third kappa shape index (κ3) is 3.84. The van der Waals surface area contributed by atoms with Crippen LogP contribution in [-0.2, 0) is 0 Å². The predicted octanol–water partition coefficient (Wildman–Crippen LogP) is 2.90. The largest absolute Gasteiger partial charge is 0.401 e. The summed E-state index contributed by atoms with van der Waals surface area (Å²) >= 11 is 0. The van der Waals surface area contributed by atoms with Crippen LogP contribution in [0.5, 0.6) is 0 Å². The molecule has 1 saturated carbocycles. The first-order valence-corrected chi connectivity index (χ1v) is 5.85. The van der Waals surface area contributed by atoms with E-state index >= 15 is 0 Å². The Labute approximate surface area is 103 Å². The van der Waals surface area contributed by atoms with E-state index < -0.39 is 12.7 Å². The van der Waals surface area contributed by atoms with E-state index in [1.165, 1.54) is 4.90 Å². The molecule has 0 spiro atoms. The molecule has 0 bridgehead atoms. The molecule has 0 saturated heterocycles. The van der Waals surface area contributed by atoms with E-state index in [-0.39, 0.29) is 18.4 Å². The molecule has 1 aliphatic carbocycles. The highest BCUT2D eigenvalue weighted by Crippen LogP contribution is 2.30. The summed E-state index contributed by atoms with van der Waals surface area (Å²) in [4.78, 5) is 13.1. The van der Waals surface area contributed by atoms with Crippen molar-refractivity contribution in [3.63, 3.8) is 0 Å². The van der Waals surface area contributed by atoms with Gasteiger partial charge in [0.2, 0.25) is 0 Å². The van der Waals surface area contributed by atoms with E-state index in [0.717, 1.165) is 12.8 Å². The zero-order valence-electron chi connectivity index (χ0n) is 9.78. The zero-order valence-corrected chi connectivity index (χ0v) is 9.78. The number of alkyl halides is 3. The van der Waals surface area contributed by atoms with Crippen LogP contribution in [-0.4, -0.2) is 36.0 Å². The van der Waals surface area contributed by atoms with Crippen LogP contribution >= 0.6 is 0 Å². The molecule has 0 unspecified atom stereocenters. The predicted molar refractivity (Wildman–Crippen MR) is 61.4 cm³/mol. The van der Waals surface area contributed by atoms with Gasteiger partial charge in [0.15, 0.2) is 5.78 Å². The van der Waals surface area contributed by atoms with E-state index in [1.807, 2.05) is 0 Å². The molecule has 98 valence electrons. The van der Waals surface area contributed by atoms with E-state index in [9.17, 15) is 18.0 Å². The molecule has 0 aliphatic heterocycles. The van der Waals surface area contributed by atoms with Gasteiger partial charge in [-0.15, -0.1) is 0 Å². The van der Waals surface area contributed by atoms with Gasteiger partial charge in [-0.3, -0.25) is 9.69 Å². The van der Waals surface area contributed by atoms with Crippen molar-refractivity contribution in [2.24, 2.45) is 0 Å². The second-order valence-corrected chi connectivity index (χ2v) is 4.54. The summed E-state index contributed by atoms with van der Waals surface area (Å²) in [6, 6.07) is 8.35. The zero-order chi connectivity index (χ0) is 13.2. The lowest BCUT2D eigenvalue weighted by atomic mass is 10.1. The lowest BCUT2D eigenvalue weighted by Gasteiger charge is -2.22. The average Bonchev–Trinajstić information content (AvgIpc) is 3.11. The Bertz CT molecular complexity index is 412. The van der Waals surface area contributed by atoms with Crippen LogP contribution in [0.1, 0.15) is 23.2 Å². The highest BCUT2D eigenvalue weighted by atomic mass is 19.4. The second kappa shape index (κ2) is 5.10. The van der Waals surface area contributed by atoms with E-state index in [1.54, 1.807) is 30.3 Å². The van der Waals surface area contributed by atoms with Crippen molar-refractivity contribution >= 4 is 5.78 Å². The van der Waals surface area contributed by atoms with Crippen molar-refractivity contribution in [3.05, 3.63) is 35.9 Å². The Morgan fingerprint density at radius 3 is 2.33 bits per heavy atom. The number of carbonyl (C=O) groups excluding carboxylic acids is 1. The summed E-state index contributed by atoms with van der Waals surface area (Å²) < 4.78 is 37.2. The second-order valence-electron chi connectivity index (χ2n) is 4.54. The first-order valence-electron chi connectivity index (χ1n) is 5.85. The maximum absolute atomic E-state index is 12.4. The number of rotatable bonds is 5. The monoisotopic (exact) mass is 257 g/mol. The van der Waals surface area contributed by atoms with Crippen LogP contribution in [0, 0.1) is 0 Å². The van der Waals surface area contributed by atoms with E-state index in [2.05, 4.69) is 0 Å². The molecular formula is C13H14F3NO. The smallest absolute Gasteiger partial charge is 0.293 e. The number of carbonyl (C=O) groups is 1. The molecule has 0 amide bonds. The Hall–Kier alpha value is -1.36. The van der Waals surface area contributed by atoms with Crippen LogP contribution in [0.4, 0.5) is 13.2 Å². The Morgan fingerprint density at radius 2 is 1.83 bits per heavy atom. The Balaban J connectivity index is 1.99. The number of Topliss-reactive ketones (excluding diaryl/α,β-unsaturated/α-hetero) is 1. The highest BCUT2D eigenvalue weighted by Gasteiger charge is 2.38. The van der Waals surface area contributed by atoms with Gasteiger partial charge in [0.05, 0.1) is 13.1 Å². The minimum atomic E-state index is -4.25. The van der Waals surface area contributed by atoms with Gasteiger partial charge in [0.25, 0.3) is 0 Å². The molecule has 1 aromatic carbocycles. The molecule has 5 heteroatoms. The van der Waals surface area contributed by atoms with Crippen molar-refractivity contribution in [2.45, 2.75) is 25.1 Å². The quantitative estimate of drug-likeness (QED) is 0.756. The van der Waals surface area contributed by atoms with Gasteiger partial charge in [0, 0.05) is 11.6 Å². The highest BCUT2D eigenvalue weighted by molar-refractivity contribution is 5.97. The first kappa shape index (κ1) is 13.1. The van der Waals surface area contributed by atoms with Crippen LogP contribution in [0.25, 0.3) is 0 Å². The van der Waals surface area contributed by atoms with E-state index in [0.29, 0.717) is 5.56 Å². The standard InChI is InChI=1S/C13H14F3NO/c14-13(15,16)9-17(11-6-7-11)8-12(18)10-4-2-1-3-5-10/h1-5,11H,6-9H2. The topological polar surface area (TPSA) is 20.3 Å². The molecule has 18 heavy (non-hydrogen) atoms. The summed E-state index contributed by atoms with van der Waals surface area (Å²) in [5.41, 5.74) is 0.463. The third-order valence-electron chi connectivity index (χ3n) is 2.89. The lowest BCUT2D eigenvalue weighted by Crippen LogP contribution is -2.39. The van der Waals surface area contributed by atoms with Gasteiger partial charge in [-0.05, 0) is 12.8 Å². The molecule has 1 fully saturated rings. The minimum absolute atomic E-state index is 0.0840. The molecule has 0 aromatic heterocycles. The molecule has 0 radical (unpaired) electrons. The van der Waals surface area contributed by atoms with Crippen LogP contribution in [0.2, 0.25) is 0 Å². The number of hydrogen-bond acceptors (Lipinski definition) is 2. The van der Waals surface area contributed by atoms with Crippen LogP contribution in [0.15, 0.2) is 30.3 Å². The lowest BCUT2D eigenvalue weighted by molar-refractivity contribution is -0.145. The van der Waals surface area contributed by atoms with Gasteiger partial charge in [0.1, 0.15) is 0 Å². The summed E-state index contributed by atoms with van der Waals surface area (Å²) in [5, 5.41) is 0. The normalized spacial score (nSPS) is 16.0. The SMILES string of the molecule is O=C(CN(CC(F)(F)F)C1CC1)c1ccccc1. The van der Waals surface area contributed by atoms with Gasteiger partial charge >= 0.3 is 6.18 Å². The third-order valence-corrected chi connectivity index (χ3v) is 2.89. The van der Waals surface area contributed by atoms with E-state index in [4.69, 9.17) is 0 Å². The van der Waals surface area contributed by atoms with Gasteiger partial charge < -0.3 is 0 Å². The fourth-order valence-electron chi connectivity index (χ4n) is 1.88. The average molecular weight is 257 g/mol. The molecule has 1 aromatic rings. The summed E-state index contributed by atoms with van der Waals surface area (Å²) in [7, 11) is 0. The Morgan fingerprint density at radius 1 is 1.22 bits per heavy atom. The number of hydrogen-bond donors (Lipinski definition) is 0. The number of nitrogens with zero attached hydrogens (tertiary/aromatic N) is 1. The Kier molecular flexibility index (Phi) is 3.71. The van der Waals surface area contributed by atoms with Gasteiger partial charge in [-0.25, -0.2) is 0 Å². The molecule has 0 heterocycles. The van der Waals surface area contributed by atoms with Gasteiger partial charge in [-0.2, -0.15) is 13.2 Å². The molecule has 2 nitrogen and oxygen atoms in total. The molecule has 0 atom stereocenters.